The van der Waals surface area contributed by atoms with E-state index < -0.39 is 9.73 Å². The van der Waals surface area contributed by atoms with Crippen molar-refractivity contribution in [3.63, 3.8) is 0 Å². The van der Waals surface area contributed by atoms with Gasteiger partial charge in [0.05, 0.1) is 0 Å². The van der Waals surface area contributed by atoms with Crippen molar-refractivity contribution in [3.8, 4) is 0 Å². The highest BCUT2D eigenvalue weighted by molar-refractivity contribution is 7.93. The lowest BCUT2D eigenvalue weighted by Gasteiger charge is -2.17. The summed E-state index contributed by atoms with van der Waals surface area (Å²) in [6.07, 6.45) is 1.47. The molecule has 0 bridgehead atoms. The summed E-state index contributed by atoms with van der Waals surface area (Å²) in [7, 11) is -2.34. The molecule has 0 aliphatic carbocycles. The van der Waals surface area contributed by atoms with E-state index in [0.717, 1.165) is 0 Å². The van der Waals surface area contributed by atoms with Gasteiger partial charge in [0.25, 0.3) is 0 Å². The maximum absolute atomic E-state index is 10.9. The monoisotopic (exact) mass is 135 g/mol. The van der Waals surface area contributed by atoms with Crippen molar-refractivity contribution in [2.45, 2.75) is 25.5 Å². The Labute approximate surface area is 51.3 Å². The van der Waals surface area contributed by atoms with E-state index in [9.17, 15) is 4.21 Å². The molecule has 0 aromatic rings. The molecule has 0 rings (SSSR count). The van der Waals surface area contributed by atoms with Crippen LogP contribution in [0.5, 0.6) is 0 Å². The van der Waals surface area contributed by atoms with Gasteiger partial charge in [0.1, 0.15) is 0 Å². The van der Waals surface area contributed by atoms with Crippen LogP contribution in [0.2, 0.25) is 0 Å². The Hall–Kier alpha value is -0.0500. The molecular weight excluding hydrogens is 122 g/mol. The van der Waals surface area contributed by atoms with Gasteiger partial charge in [-0.05, 0) is 20.8 Å². The van der Waals surface area contributed by atoms with Crippen LogP contribution in [-0.2, 0) is 9.73 Å². The fraction of sp³-hybridized carbons (Fsp3) is 1.00. The number of rotatable bonds is 0. The zero-order valence-electron chi connectivity index (χ0n) is 5.82. The molecule has 0 aromatic carbocycles. The molecule has 0 aliphatic heterocycles. The first-order chi connectivity index (χ1) is 3.25. The van der Waals surface area contributed by atoms with Gasteiger partial charge in [-0.25, -0.2) is 4.21 Å². The summed E-state index contributed by atoms with van der Waals surface area (Å²) in [5.41, 5.74) is 0. The summed E-state index contributed by atoms with van der Waals surface area (Å²) in [6.45, 7) is 5.42. The molecule has 1 N–H and O–H groups in total. The summed E-state index contributed by atoms with van der Waals surface area (Å²) in [6, 6.07) is 0. The molecule has 0 unspecified atom stereocenters. The standard InChI is InChI=1S/C5H13NOS/c1-5(2,3)8(4,6)7/h6H,1-4H3/t8-/m0/s1. The Morgan fingerprint density at radius 3 is 1.50 bits per heavy atom. The van der Waals surface area contributed by atoms with Gasteiger partial charge in [-0.3, -0.25) is 4.78 Å². The molecular formula is C5H13NOS. The predicted octanol–water partition coefficient (Wildman–Crippen LogP) is 1.46. The van der Waals surface area contributed by atoms with Crippen molar-refractivity contribution in [2.75, 3.05) is 6.26 Å². The van der Waals surface area contributed by atoms with Crippen LogP contribution in [0.4, 0.5) is 0 Å². The van der Waals surface area contributed by atoms with Crippen LogP contribution >= 0.6 is 0 Å². The van der Waals surface area contributed by atoms with E-state index in [1.54, 1.807) is 0 Å². The molecule has 0 saturated carbocycles. The quantitative estimate of drug-likeness (QED) is 0.536. The van der Waals surface area contributed by atoms with Crippen molar-refractivity contribution in [1.29, 1.82) is 4.78 Å². The third-order valence-corrected chi connectivity index (χ3v) is 3.51. The van der Waals surface area contributed by atoms with Gasteiger partial charge in [0.15, 0.2) is 0 Å². The highest BCUT2D eigenvalue weighted by Crippen LogP contribution is 2.12. The summed E-state index contributed by atoms with van der Waals surface area (Å²) < 4.78 is 17.6. The Balaban J connectivity index is 4.53. The first-order valence-corrected chi connectivity index (χ1v) is 4.45. The summed E-state index contributed by atoms with van der Waals surface area (Å²) in [5, 5.41) is 0. The molecule has 0 heterocycles. The van der Waals surface area contributed by atoms with Gasteiger partial charge in [-0.15, -0.1) is 0 Å². The maximum atomic E-state index is 10.9. The average molecular weight is 135 g/mol. The summed E-state index contributed by atoms with van der Waals surface area (Å²) in [4.78, 5) is 0. The summed E-state index contributed by atoms with van der Waals surface area (Å²) >= 11 is 0. The Morgan fingerprint density at radius 1 is 1.38 bits per heavy atom. The maximum Gasteiger partial charge on any atom is 0.0462 e. The first-order valence-electron chi connectivity index (χ1n) is 2.48. The van der Waals surface area contributed by atoms with E-state index in [-0.39, 0.29) is 4.75 Å². The largest absolute Gasteiger partial charge is 0.253 e. The molecule has 0 aliphatic rings. The predicted molar refractivity (Wildman–Crippen MR) is 36.5 cm³/mol. The fourth-order valence-electron chi connectivity index (χ4n) is 0. The lowest BCUT2D eigenvalue weighted by Crippen LogP contribution is -2.24. The minimum atomic E-state index is -2.34. The Kier molecular flexibility index (Phi) is 1.71. The van der Waals surface area contributed by atoms with E-state index in [1.807, 2.05) is 20.8 Å². The van der Waals surface area contributed by atoms with Crippen molar-refractivity contribution < 1.29 is 4.21 Å². The minimum Gasteiger partial charge on any atom is -0.253 e. The second-order valence-corrected chi connectivity index (χ2v) is 5.87. The minimum absolute atomic E-state index is 0.368. The van der Waals surface area contributed by atoms with Gasteiger partial charge in [-0.2, -0.15) is 0 Å². The smallest absolute Gasteiger partial charge is 0.0462 e. The lowest BCUT2D eigenvalue weighted by atomic mass is 10.3. The van der Waals surface area contributed by atoms with Gasteiger partial charge >= 0.3 is 0 Å². The average Bonchev–Trinajstić information content (AvgIpc) is 1.25. The van der Waals surface area contributed by atoms with E-state index in [0.29, 0.717) is 0 Å². The van der Waals surface area contributed by atoms with Crippen LogP contribution in [0.25, 0.3) is 0 Å². The van der Waals surface area contributed by atoms with E-state index in [2.05, 4.69) is 0 Å². The van der Waals surface area contributed by atoms with Crippen molar-refractivity contribution in [2.24, 2.45) is 0 Å². The molecule has 3 heteroatoms. The van der Waals surface area contributed by atoms with Crippen LogP contribution in [0.15, 0.2) is 0 Å². The molecule has 8 heavy (non-hydrogen) atoms. The molecule has 0 fully saturated rings. The zero-order valence-corrected chi connectivity index (χ0v) is 6.63. The summed E-state index contributed by atoms with van der Waals surface area (Å²) in [5.74, 6) is 0. The zero-order chi connectivity index (χ0) is 7.00. The van der Waals surface area contributed by atoms with Crippen molar-refractivity contribution >= 4 is 9.73 Å². The van der Waals surface area contributed by atoms with Crippen LogP contribution in [0.1, 0.15) is 20.8 Å². The van der Waals surface area contributed by atoms with E-state index >= 15 is 0 Å². The van der Waals surface area contributed by atoms with Crippen LogP contribution in [-0.4, -0.2) is 15.2 Å². The molecule has 50 valence electrons. The van der Waals surface area contributed by atoms with Crippen molar-refractivity contribution in [1.82, 2.24) is 0 Å². The normalized spacial score (nSPS) is 20.0. The third-order valence-electron chi connectivity index (χ3n) is 1.17. The van der Waals surface area contributed by atoms with Crippen LogP contribution in [0.3, 0.4) is 0 Å². The molecule has 0 aromatic heterocycles. The van der Waals surface area contributed by atoms with E-state index in [4.69, 9.17) is 4.78 Å². The van der Waals surface area contributed by atoms with Gasteiger partial charge < -0.3 is 0 Å². The van der Waals surface area contributed by atoms with Crippen LogP contribution in [0, 0.1) is 4.78 Å². The highest BCUT2D eigenvalue weighted by atomic mass is 32.2. The molecule has 0 radical (unpaired) electrons. The number of hydrogen-bond acceptors (Lipinski definition) is 2. The van der Waals surface area contributed by atoms with Gasteiger partial charge in [0, 0.05) is 20.7 Å². The van der Waals surface area contributed by atoms with Crippen molar-refractivity contribution in [3.05, 3.63) is 0 Å². The fourth-order valence-corrected chi connectivity index (χ4v) is 0. The number of hydrogen-bond donors (Lipinski definition) is 1. The second-order valence-electron chi connectivity index (χ2n) is 2.96. The number of nitrogens with one attached hydrogen (secondary N) is 1. The Morgan fingerprint density at radius 2 is 1.50 bits per heavy atom. The molecule has 0 amide bonds. The molecule has 2 nitrogen and oxygen atoms in total. The molecule has 1 atom stereocenters. The lowest BCUT2D eigenvalue weighted by molar-refractivity contribution is 0.643. The molecule has 0 spiro atoms. The van der Waals surface area contributed by atoms with Gasteiger partial charge in [-0.1, -0.05) is 0 Å². The first kappa shape index (κ1) is 7.95. The highest BCUT2D eigenvalue weighted by Gasteiger charge is 2.19. The third kappa shape index (κ3) is 1.82. The Bertz CT molecular complexity index is 161. The van der Waals surface area contributed by atoms with Crippen LogP contribution < -0.4 is 0 Å². The topological polar surface area (TPSA) is 40.9 Å². The van der Waals surface area contributed by atoms with E-state index in [1.165, 1.54) is 6.26 Å². The van der Waals surface area contributed by atoms with Gasteiger partial charge in [0.2, 0.25) is 0 Å². The second kappa shape index (κ2) is 1.72. The SMILES string of the molecule is CC(C)(C)[S@@](C)(=N)=O. The molecule has 0 saturated heterocycles.